The van der Waals surface area contributed by atoms with Crippen LogP contribution in [0.3, 0.4) is 0 Å². The van der Waals surface area contributed by atoms with E-state index in [2.05, 4.69) is 35.7 Å². The Labute approximate surface area is 238 Å². The van der Waals surface area contributed by atoms with Crippen LogP contribution >= 0.6 is 11.6 Å². The van der Waals surface area contributed by atoms with Gasteiger partial charge in [0.2, 0.25) is 11.8 Å². The number of carbonyl (C=O) groups excluding carboxylic acids is 2. The summed E-state index contributed by atoms with van der Waals surface area (Å²) < 4.78 is 0. The van der Waals surface area contributed by atoms with Crippen molar-refractivity contribution in [2.75, 3.05) is 19.6 Å². The summed E-state index contributed by atoms with van der Waals surface area (Å²) in [6, 6.07) is 7.78. The normalized spacial score (nSPS) is 18.9. The van der Waals surface area contributed by atoms with Gasteiger partial charge < -0.3 is 24.8 Å². The second kappa shape index (κ2) is 10.1. The summed E-state index contributed by atoms with van der Waals surface area (Å²) in [5.74, 6) is -0.321. The second-order valence-electron chi connectivity index (χ2n) is 12.6. The molecule has 1 unspecified atom stereocenters. The number of carbonyl (C=O) groups is 2. The van der Waals surface area contributed by atoms with E-state index in [1.807, 2.05) is 46.5 Å². The number of hydrogen-bond acceptors (Lipinski definition) is 3. The SMILES string of the molecule is CC(C)(C)CN1Cc2c(cc(Cl)c3[nH]ccc23)CC(CC(=O)N2CCC(c3cc4[nH]ccc4[nH]c3=O)CC2)C1=O. The van der Waals surface area contributed by atoms with Crippen molar-refractivity contribution < 1.29 is 9.59 Å². The van der Waals surface area contributed by atoms with Crippen LogP contribution in [0, 0.1) is 11.3 Å². The molecule has 40 heavy (non-hydrogen) atoms. The van der Waals surface area contributed by atoms with Crippen LogP contribution in [0.5, 0.6) is 0 Å². The van der Waals surface area contributed by atoms with Crippen molar-refractivity contribution in [1.82, 2.24) is 24.8 Å². The average Bonchev–Trinajstić information content (AvgIpc) is 3.56. The first-order valence-electron chi connectivity index (χ1n) is 14.1. The summed E-state index contributed by atoms with van der Waals surface area (Å²) in [5, 5.41) is 1.67. The van der Waals surface area contributed by atoms with Crippen LogP contribution in [-0.4, -0.2) is 56.2 Å². The maximum atomic E-state index is 13.9. The van der Waals surface area contributed by atoms with Gasteiger partial charge in [-0.3, -0.25) is 14.4 Å². The smallest absolute Gasteiger partial charge is 0.252 e. The number of aromatic amines is 3. The fourth-order valence-corrected chi connectivity index (χ4v) is 6.82. The molecule has 1 fully saturated rings. The third-order valence-electron chi connectivity index (χ3n) is 8.44. The Morgan fingerprint density at radius 2 is 1.80 bits per heavy atom. The van der Waals surface area contributed by atoms with Crippen LogP contribution in [0.1, 0.15) is 62.6 Å². The molecule has 8 nitrogen and oxygen atoms in total. The van der Waals surface area contributed by atoms with Gasteiger partial charge in [-0.05, 0) is 66.0 Å². The summed E-state index contributed by atoms with van der Waals surface area (Å²) in [6.07, 6.45) is 5.80. The molecule has 1 aromatic carbocycles. The van der Waals surface area contributed by atoms with Crippen molar-refractivity contribution in [1.29, 1.82) is 0 Å². The molecule has 2 amide bonds. The van der Waals surface area contributed by atoms with E-state index in [9.17, 15) is 14.4 Å². The van der Waals surface area contributed by atoms with E-state index in [-0.39, 0.29) is 35.1 Å². The molecule has 1 atom stereocenters. The standard InChI is InChI=1S/C31H36ClN5O3/c1-31(2,3)17-37-16-23-19(13-24(32)28-21(23)4-8-34-28)12-20(30(37)40)14-27(38)36-10-6-18(7-11-36)22-15-26-25(5-9-33-26)35-29(22)39/h4-5,8-9,13,15,18,20,33-34H,6-7,10-12,14,16-17H2,1-3H3,(H,35,39). The molecule has 3 aromatic heterocycles. The number of fused-ring (bicyclic) bond motifs is 4. The largest absolute Gasteiger partial charge is 0.360 e. The van der Waals surface area contributed by atoms with Crippen molar-refractivity contribution in [3.8, 4) is 0 Å². The molecule has 4 aromatic rings. The maximum Gasteiger partial charge on any atom is 0.252 e. The maximum absolute atomic E-state index is 13.9. The first kappa shape index (κ1) is 26.7. The highest BCUT2D eigenvalue weighted by molar-refractivity contribution is 6.35. The first-order chi connectivity index (χ1) is 19.1. The highest BCUT2D eigenvalue weighted by Crippen LogP contribution is 2.36. The van der Waals surface area contributed by atoms with Crippen LogP contribution in [-0.2, 0) is 22.6 Å². The van der Waals surface area contributed by atoms with Gasteiger partial charge in [-0.15, -0.1) is 0 Å². The number of pyridine rings is 1. The molecule has 0 spiro atoms. The first-order valence-corrected chi connectivity index (χ1v) is 14.5. The number of H-pyrrole nitrogens is 3. The number of piperidine rings is 1. The van der Waals surface area contributed by atoms with E-state index in [1.54, 1.807) is 0 Å². The number of rotatable bonds is 4. The van der Waals surface area contributed by atoms with Gasteiger partial charge in [-0.1, -0.05) is 32.4 Å². The minimum atomic E-state index is -0.445. The predicted molar refractivity (Wildman–Crippen MR) is 157 cm³/mol. The lowest BCUT2D eigenvalue weighted by Gasteiger charge is -2.34. The number of nitrogens with zero attached hydrogens (tertiary/aromatic N) is 2. The molecule has 0 aliphatic carbocycles. The third kappa shape index (κ3) is 5.05. The van der Waals surface area contributed by atoms with Crippen molar-refractivity contribution in [2.45, 2.75) is 58.9 Å². The van der Waals surface area contributed by atoms with Gasteiger partial charge >= 0.3 is 0 Å². The molecule has 0 saturated carbocycles. The van der Waals surface area contributed by atoms with Gasteiger partial charge in [0, 0.05) is 55.9 Å². The van der Waals surface area contributed by atoms with Gasteiger partial charge in [0.25, 0.3) is 5.56 Å². The van der Waals surface area contributed by atoms with Crippen molar-refractivity contribution >= 4 is 45.4 Å². The predicted octanol–water partition coefficient (Wildman–Crippen LogP) is 5.33. The second-order valence-corrected chi connectivity index (χ2v) is 13.0. The molecule has 9 heteroatoms. The molecule has 2 aliphatic heterocycles. The monoisotopic (exact) mass is 561 g/mol. The number of benzene rings is 1. The zero-order valence-electron chi connectivity index (χ0n) is 23.3. The van der Waals surface area contributed by atoms with Crippen molar-refractivity contribution in [3.05, 3.63) is 68.7 Å². The zero-order chi connectivity index (χ0) is 28.2. The van der Waals surface area contributed by atoms with Crippen LogP contribution < -0.4 is 5.56 Å². The van der Waals surface area contributed by atoms with E-state index < -0.39 is 5.92 Å². The minimum absolute atomic E-state index is 0.00138. The van der Waals surface area contributed by atoms with Crippen LogP contribution in [0.2, 0.25) is 5.02 Å². The molecule has 3 N–H and O–H groups in total. The Hall–Kier alpha value is -3.52. The lowest BCUT2D eigenvalue weighted by molar-refractivity contribution is -0.142. The molecule has 0 radical (unpaired) electrons. The molecular weight excluding hydrogens is 526 g/mol. The summed E-state index contributed by atoms with van der Waals surface area (Å²) >= 11 is 6.61. The fraction of sp³-hybridized carbons (Fsp3) is 0.452. The van der Waals surface area contributed by atoms with Crippen LogP contribution in [0.25, 0.3) is 21.9 Å². The Balaban J connectivity index is 1.20. The van der Waals surface area contributed by atoms with Crippen LogP contribution in [0.4, 0.5) is 0 Å². The van der Waals surface area contributed by atoms with Gasteiger partial charge in [-0.25, -0.2) is 0 Å². The Morgan fingerprint density at radius 3 is 2.55 bits per heavy atom. The number of nitrogens with one attached hydrogen (secondary N) is 3. The fourth-order valence-electron chi connectivity index (χ4n) is 6.53. The molecule has 210 valence electrons. The minimum Gasteiger partial charge on any atom is -0.360 e. The van der Waals surface area contributed by atoms with Crippen molar-refractivity contribution in [3.63, 3.8) is 0 Å². The zero-order valence-corrected chi connectivity index (χ0v) is 24.0. The number of likely N-dealkylation sites (tertiary alicyclic amines) is 1. The van der Waals surface area contributed by atoms with Gasteiger partial charge in [-0.2, -0.15) is 0 Å². The lowest BCUT2D eigenvalue weighted by atomic mass is 9.89. The van der Waals surface area contributed by atoms with E-state index in [0.717, 1.165) is 51.5 Å². The summed E-state index contributed by atoms with van der Waals surface area (Å²) in [6.45, 7) is 8.64. The van der Waals surface area contributed by atoms with Gasteiger partial charge in [0.05, 0.1) is 27.5 Å². The van der Waals surface area contributed by atoms with Crippen molar-refractivity contribution in [2.24, 2.45) is 11.3 Å². The molecule has 0 bridgehead atoms. The molecule has 6 rings (SSSR count). The quantitative estimate of drug-likeness (QED) is 0.313. The van der Waals surface area contributed by atoms with Gasteiger partial charge in [0.1, 0.15) is 0 Å². The summed E-state index contributed by atoms with van der Waals surface area (Å²) in [4.78, 5) is 53.3. The number of amides is 2. The number of halogens is 1. The highest BCUT2D eigenvalue weighted by atomic mass is 35.5. The third-order valence-corrected chi connectivity index (χ3v) is 8.74. The van der Waals surface area contributed by atoms with Crippen LogP contribution in [0.15, 0.2) is 41.5 Å². The van der Waals surface area contributed by atoms with E-state index in [1.165, 1.54) is 0 Å². The number of hydrogen-bond donors (Lipinski definition) is 3. The van der Waals surface area contributed by atoms with E-state index in [4.69, 9.17) is 11.6 Å². The molecule has 2 aliphatic rings. The van der Waals surface area contributed by atoms with E-state index >= 15 is 0 Å². The Bertz CT molecular complexity index is 1650. The average molecular weight is 562 g/mol. The Morgan fingerprint density at radius 1 is 1.05 bits per heavy atom. The number of aromatic nitrogens is 3. The topological polar surface area (TPSA) is 105 Å². The summed E-state index contributed by atoms with van der Waals surface area (Å²) in [5.41, 5.74) is 5.37. The molecule has 5 heterocycles. The Kier molecular flexibility index (Phi) is 6.77. The molecular formula is C31H36ClN5O3. The summed E-state index contributed by atoms with van der Waals surface area (Å²) in [7, 11) is 0. The van der Waals surface area contributed by atoms with E-state index in [0.29, 0.717) is 37.6 Å². The molecule has 1 saturated heterocycles. The lowest BCUT2D eigenvalue weighted by Crippen LogP contribution is -2.43. The highest BCUT2D eigenvalue weighted by Gasteiger charge is 2.36. The van der Waals surface area contributed by atoms with Gasteiger partial charge in [0.15, 0.2) is 0 Å².